The molecule has 0 aliphatic heterocycles. The third-order valence-corrected chi connectivity index (χ3v) is 3.22. The molecule has 24 heavy (non-hydrogen) atoms. The van der Waals surface area contributed by atoms with Crippen LogP contribution in [0.25, 0.3) is 11.7 Å². The monoisotopic (exact) mass is 332 g/mol. The summed E-state index contributed by atoms with van der Waals surface area (Å²) in [6.07, 6.45) is 0.519. The highest BCUT2D eigenvalue weighted by atomic mass is 16.5. The second-order valence-corrected chi connectivity index (χ2v) is 4.97. The highest BCUT2D eigenvalue weighted by molar-refractivity contribution is 5.42. The second kappa shape index (κ2) is 7.05. The zero-order valence-corrected chi connectivity index (χ0v) is 12.9. The summed E-state index contributed by atoms with van der Waals surface area (Å²) in [6.45, 7) is -0.0547. The number of aliphatic hydroxyl groups excluding tert-OH is 1. The minimum atomic E-state index is -0.931. The number of aliphatic hydroxyl groups is 1. The maximum atomic E-state index is 11.7. The van der Waals surface area contributed by atoms with Crippen LogP contribution in [0.3, 0.4) is 0 Å². The maximum Gasteiger partial charge on any atom is 0.437 e. The lowest BCUT2D eigenvalue weighted by atomic mass is 10.3. The highest BCUT2D eigenvalue weighted by Gasteiger charge is 2.15. The van der Waals surface area contributed by atoms with Crippen molar-refractivity contribution in [1.82, 2.24) is 9.78 Å². The third-order valence-electron chi connectivity index (χ3n) is 3.22. The van der Waals surface area contributed by atoms with Crippen molar-refractivity contribution in [3.8, 4) is 23.1 Å². The quantitative estimate of drug-likeness (QED) is 0.700. The molecule has 0 unspecified atom stereocenters. The first-order valence-electron chi connectivity index (χ1n) is 7.22. The van der Waals surface area contributed by atoms with Crippen LogP contribution in [0.5, 0.6) is 11.5 Å². The van der Waals surface area contributed by atoms with Gasteiger partial charge >= 0.3 is 5.76 Å². The molecule has 1 N–H and O–H groups in total. The van der Waals surface area contributed by atoms with E-state index in [2.05, 4.69) is 5.10 Å². The third kappa shape index (κ3) is 3.66. The topological polar surface area (TPSA) is 99.9 Å². The summed E-state index contributed by atoms with van der Waals surface area (Å²) in [5.74, 6) is 1.02. The molecule has 126 valence electrons. The molecule has 3 aromatic rings. The first-order chi connectivity index (χ1) is 11.7. The van der Waals surface area contributed by atoms with Crippen LogP contribution in [0.15, 0.2) is 56.3 Å². The van der Waals surface area contributed by atoms with E-state index in [0.717, 1.165) is 4.68 Å². The van der Waals surface area contributed by atoms with E-state index in [1.165, 1.54) is 6.26 Å². The Kier molecular flexibility index (Phi) is 4.66. The Labute approximate surface area is 136 Å². The van der Waals surface area contributed by atoms with Crippen molar-refractivity contribution in [2.45, 2.75) is 12.6 Å². The Morgan fingerprint density at radius 1 is 1.25 bits per heavy atom. The number of ether oxygens (including phenoxy) is 2. The zero-order chi connectivity index (χ0) is 16.9. The van der Waals surface area contributed by atoms with Crippen LogP contribution in [0.1, 0.15) is 0 Å². The average Bonchev–Trinajstić information content (AvgIpc) is 3.24. The summed E-state index contributed by atoms with van der Waals surface area (Å²) in [5, 5.41) is 14.0. The molecule has 0 fully saturated rings. The number of methoxy groups -OCH3 is 1. The zero-order valence-electron chi connectivity index (χ0n) is 12.9. The molecule has 0 saturated heterocycles. The fourth-order valence-corrected chi connectivity index (χ4v) is 2.04. The summed E-state index contributed by atoms with van der Waals surface area (Å²) < 4.78 is 21.6. The molecule has 2 aromatic heterocycles. The molecule has 8 heteroatoms. The summed E-state index contributed by atoms with van der Waals surface area (Å²) >= 11 is 0. The Bertz CT molecular complexity index is 819. The standard InChI is InChI=1S/C16H16N2O6/c1-21-12-4-6-13(7-5-12)23-10-11(19)9-18-16(20)24-15(17-18)14-3-2-8-22-14/h2-8,11,19H,9-10H2,1H3/t11-/m1/s1. The van der Waals surface area contributed by atoms with Crippen molar-refractivity contribution >= 4 is 0 Å². The van der Waals surface area contributed by atoms with Crippen LogP contribution in [0.4, 0.5) is 0 Å². The van der Waals surface area contributed by atoms with Gasteiger partial charge in [0.15, 0.2) is 5.76 Å². The fraction of sp³-hybridized carbons (Fsp3) is 0.250. The molecular weight excluding hydrogens is 316 g/mol. The van der Waals surface area contributed by atoms with Gasteiger partial charge in [0.25, 0.3) is 5.89 Å². The average molecular weight is 332 g/mol. The van der Waals surface area contributed by atoms with E-state index in [-0.39, 0.29) is 19.0 Å². The van der Waals surface area contributed by atoms with Gasteiger partial charge in [-0.2, -0.15) is 4.68 Å². The minimum Gasteiger partial charge on any atom is -0.497 e. The second-order valence-electron chi connectivity index (χ2n) is 4.97. The lowest BCUT2D eigenvalue weighted by molar-refractivity contribution is 0.0875. The van der Waals surface area contributed by atoms with Gasteiger partial charge in [-0.1, -0.05) is 0 Å². The number of hydrogen-bond acceptors (Lipinski definition) is 7. The van der Waals surface area contributed by atoms with E-state index in [9.17, 15) is 9.90 Å². The van der Waals surface area contributed by atoms with Crippen molar-refractivity contribution in [3.05, 3.63) is 53.2 Å². The van der Waals surface area contributed by atoms with E-state index in [4.69, 9.17) is 18.3 Å². The maximum absolute atomic E-state index is 11.7. The van der Waals surface area contributed by atoms with Crippen molar-refractivity contribution in [2.24, 2.45) is 0 Å². The summed E-state index contributed by atoms with van der Waals surface area (Å²) in [5.41, 5.74) is 0. The van der Waals surface area contributed by atoms with Crippen LogP contribution >= 0.6 is 0 Å². The van der Waals surface area contributed by atoms with Crippen molar-refractivity contribution in [2.75, 3.05) is 13.7 Å². The Morgan fingerprint density at radius 2 is 2.00 bits per heavy atom. The van der Waals surface area contributed by atoms with E-state index >= 15 is 0 Å². The van der Waals surface area contributed by atoms with Gasteiger partial charge in [-0.15, -0.1) is 5.10 Å². The van der Waals surface area contributed by atoms with Crippen molar-refractivity contribution in [1.29, 1.82) is 0 Å². The molecular formula is C16H16N2O6. The summed E-state index contributed by atoms with van der Waals surface area (Å²) in [4.78, 5) is 11.7. The van der Waals surface area contributed by atoms with Gasteiger partial charge in [-0.05, 0) is 36.4 Å². The number of rotatable bonds is 7. The van der Waals surface area contributed by atoms with Gasteiger partial charge in [0, 0.05) is 0 Å². The molecule has 1 atom stereocenters. The van der Waals surface area contributed by atoms with Crippen LogP contribution in [-0.4, -0.2) is 34.7 Å². The SMILES string of the molecule is COc1ccc(OC[C@H](O)Cn2nc(-c3ccco3)oc2=O)cc1. The number of hydrogen-bond donors (Lipinski definition) is 1. The first-order valence-corrected chi connectivity index (χ1v) is 7.22. The van der Waals surface area contributed by atoms with E-state index in [0.29, 0.717) is 17.3 Å². The number of aromatic nitrogens is 2. The van der Waals surface area contributed by atoms with Crippen LogP contribution in [0.2, 0.25) is 0 Å². The first kappa shape index (κ1) is 15.9. The molecule has 0 amide bonds. The molecule has 3 rings (SSSR count). The lowest BCUT2D eigenvalue weighted by Crippen LogP contribution is -2.29. The fourth-order valence-electron chi connectivity index (χ4n) is 2.04. The summed E-state index contributed by atoms with van der Waals surface area (Å²) in [7, 11) is 1.58. The van der Waals surface area contributed by atoms with Gasteiger partial charge in [-0.25, -0.2) is 4.79 Å². The molecule has 0 radical (unpaired) electrons. The molecule has 0 bridgehead atoms. The minimum absolute atomic E-state index is 0.00170. The predicted molar refractivity (Wildman–Crippen MR) is 83.0 cm³/mol. The van der Waals surface area contributed by atoms with Gasteiger partial charge in [0.2, 0.25) is 0 Å². The van der Waals surface area contributed by atoms with E-state index in [1.54, 1.807) is 43.5 Å². The van der Waals surface area contributed by atoms with Gasteiger partial charge in [0.1, 0.15) is 24.2 Å². The smallest absolute Gasteiger partial charge is 0.437 e. The largest absolute Gasteiger partial charge is 0.497 e. The normalized spacial score (nSPS) is 12.1. The van der Waals surface area contributed by atoms with Crippen molar-refractivity contribution < 1.29 is 23.4 Å². The van der Waals surface area contributed by atoms with Crippen molar-refractivity contribution in [3.63, 3.8) is 0 Å². The highest BCUT2D eigenvalue weighted by Crippen LogP contribution is 2.17. The number of furan rings is 1. The van der Waals surface area contributed by atoms with Gasteiger partial charge < -0.3 is 23.4 Å². The lowest BCUT2D eigenvalue weighted by Gasteiger charge is -2.11. The predicted octanol–water partition coefficient (Wildman–Crippen LogP) is 1.54. The molecule has 0 aliphatic carbocycles. The Morgan fingerprint density at radius 3 is 2.67 bits per heavy atom. The molecule has 0 saturated carbocycles. The molecule has 2 heterocycles. The van der Waals surface area contributed by atoms with Gasteiger partial charge in [0.05, 0.1) is 19.9 Å². The number of nitrogens with zero attached hydrogens (tertiary/aromatic N) is 2. The van der Waals surface area contributed by atoms with Crippen LogP contribution in [-0.2, 0) is 6.54 Å². The van der Waals surface area contributed by atoms with E-state index in [1.807, 2.05) is 0 Å². The number of benzene rings is 1. The molecule has 8 nitrogen and oxygen atoms in total. The molecule has 0 aliphatic rings. The Hall–Kier alpha value is -3.00. The Balaban J connectivity index is 1.58. The van der Waals surface area contributed by atoms with Crippen LogP contribution < -0.4 is 15.2 Å². The van der Waals surface area contributed by atoms with E-state index < -0.39 is 11.9 Å². The summed E-state index contributed by atoms with van der Waals surface area (Å²) in [6, 6.07) is 10.2. The van der Waals surface area contributed by atoms with Gasteiger partial charge in [-0.3, -0.25) is 0 Å². The molecule has 1 aromatic carbocycles. The molecule has 0 spiro atoms. The van der Waals surface area contributed by atoms with Crippen LogP contribution in [0, 0.1) is 0 Å².